The molecule has 21 heavy (non-hydrogen) atoms. The fourth-order valence-corrected chi connectivity index (χ4v) is 5.17. The Bertz CT molecular complexity index is 725. The molecule has 0 saturated heterocycles. The first-order valence-electron chi connectivity index (χ1n) is 6.00. The van der Waals surface area contributed by atoms with E-state index in [2.05, 4.69) is 5.16 Å². The second-order valence-electron chi connectivity index (χ2n) is 4.11. The van der Waals surface area contributed by atoms with Crippen molar-refractivity contribution < 1.29 is 13.6 Å². The average Bonchev–Trinajstić information content (AvgIpc) is 2.99. The number of rotatable bonds is 6. The number of hydrogen-bond donors (Lipinski definition) is 2. The molecule has 2 aromatic rings. The normalized spacial score (nSPS) is 12.5. The zero-order chi connectivity index (χ0) is 15.3. The van der Waals surface area contributed by atoms with Crippen molar-refractivity contribution in [1.29, 1.82) is 0 Å². The van der Waals surface area contributed by atoms with Gasteiger partial charge >= 0.3 is 0 Å². The number of oxime groups is 1. The van der Waals surface area contributed by atoms with Crippen molar-refractivity contribution >= 4 is 38.8 Å². The number of thioether (sulfide) groups is 1. The van der Waals surface area contributed by atoms with E-state index in [1.54, 1.807) is 23.5 Å². The number of nitrogens with zero attached hydrogens (tertiary/aromatic N) is 1. The summed E-state index contributed by atoms with van der Waals surface area (Å²) in [5, 5.41) is 13.5. The van der Waals surface area contributed by atoms with Gasteiger partial charge in [0.15, 0.2) is 15.7 Å². The van der Waals surface area contributed by atoms with Gasteiger partial charge in [0.05, 0.1) is 14.9 Å². The van der Waals surface area contributed by atoms with Crippen molar-refractivity contribution in [3.63, 3.8) is 0 Å². The SMILES string of the molecule is N/C(=N/O)c1cccc(S(=O)(=O)CCSc2cccs2)c1. The van der Waals surface area contributed by atoms with Crippen molar-refractivity contribution in [2.75, 3.05) is 11.5 Å². The molecule has 0 atom stereocenters. The molecule has 112 valence electrons. The van der Waals surface area contributed by atoms with Gasteiger partial charge in [-0.2, -0.15) is 0 Å². The minimum absolute atomic E-state index is 0.0369. The van der Waals surface area contributed by atoms with Crippen molar-refractivity contribution in [3.05, 3.63) is 47.3 Å². The summed E-state index contributed by atoms with van der Waals surface area (Å²) in [6.45, 7) is 0. The fraction of sp³-hybridized carbons (Fsp3) is 0.154. The Hall–Kier alpha value is -1.51. The second-order valence-corrected chi connectivity index (χ2v) is 8.56. The molecule has 0 spiro atoms. The molecule has 0 aliphatic rings. The number of nitrogens with two attached hydrogens (primary N) is 1. The highest BCUT2D eigenvalue weighted by Gasteiger charge is 2.15. The molecule has 0 fully saturated rings. The molecule has 0 radical (unpaired) electrons. The van der Waals surface area contributed by atoms with E-state index < -0.39 is 9.84 Å². The Balaban J connectivity index is 2.08. The third-order valence-electron chi connectivity index (χ3n) is 2.69. The lowest BCUT2D eigenvalue weighted by Gasteiger charge is -2.06. The molecule has 0 aliphatic heterocycles. The molecular formula is C13H14N2O3S3. The Kier molecular flexibility index (Phi) is 5.27. The van der Waals surface area contributed by atoms with Gasteiger partial charge in [0, 0.05) is 11.3 Å². The highest BCUT2D eigenvalue weighted by molar-refractivity contribution is 8.02. The Labute approximate surface area is 131 Å². The van der Waals surface area contributed by atoms with Crippen LogP contribution in [0.15, 0.2) is 56.0 Å². The van der Waals surface area contributed by atoms with Gasteiger partial charge < -0.3 is 10.9 Å². The third kappa shape index (κ3) is 4.23. The van der Waals surface area contributed by atoms with E-state index in [1.165, 1.54) is 23.9 Å². The molecule has 0 bridgehead atoms. The van der Waals surface area contributed by atoms with E-state index in [1.807, 2.05) is 17.5 Å². The molecule has 1 aromatic carbocycles. The van der Waals surface area contributed by atoms with Crippen LogP contribution >= 0.6 is 23.1 Å². The maximum atomic E-state index is 12.3. The first-order valence-corrected chi connectivity index (χ1v) is 9.52. The van der Waals surface area contributed by atoms with Crippen LogP contribution in [0.4, 0.5) is 0 Å². The quantitative estimate of drug-likeness (QED) is 0.276. The van der Waals surface area contributed by atoms with Crippen molar-refractivity contribution in [2.45, 2.75) is 9.10 Å². The van der Waals surface area contributed by atoms with Crippen molar-refractivity contribution in [2.24, 2.45) is 10.9 Å². The van der Waals surface area contributed by atoms with Crippen molar-refractivity contribution in [1.82, 2.24) is 0 Å². The van der Waals surface area contributed by atoms with E-state index in [9.17, 15) is 8.42 Å². The number of amidine groups is 1. The molecule has 1 aromatic heterocycles. The van der Waals surface area contributed by atoms with Crippen LogP contribution in [0.25, 0.3) is 0 Å². The first kappa shape index (κ1) is 15.9. The number of thiophene rings is 1. The van der Waals surface area contributed by atoms with Gasteiger partial charge in [-0.25, -0.2) is 8.42 Å². The van der Waals surface area contributed by atoms with Crippen LogP contribution in [0.5, 0.6) is 0 Å². The Morgan fingerprint density at radius 2 is 2.14 bits per heavy atom. The van der Waals surface area contributed by atoms with E-state index in [0.29, 0.717) is 11.3 Å². The van der Waals surface area contributed by atoms with E-state index in [0.717, 1.165) is 4.21 Å². The molecule has 1 heterocycles. The maximum absolute atomic E-state index is 12.3. The van der Waals surface area contributed by atoms with Crippen LogP contribution in [0.2, 0.25) is 0 Å². The topological polar surface area (TPSA) is 92.8 Å². The summed E-state index contributed by atoms with van der Waals surface area (Å²) in [5.41, 5.74) is 5.85. The molecule has 3 N–H and O–H groups in total. The second kappa shape index (κ2) is 6.97. The Morgan fingerprint density at radius 1 is 1.33 bits per heavy atom. The molecule has 8 heteroatoms. The predicted octanol–water partition coefficient (Wildman–Crippen LogP) is 2.41. The molecule has 0 unspecified atom stereocenters. The monoisotopic (exact) mass is 342 g/mol. The molecular weight excluding hydrogens is 328 g/mol. The summed E-state index contributed by atoms with van der Waals surface area (Å²) in [7, 11) is -3.39. The number of hydrogen-bond acceptors (Lipinski definition) is 6. The smallest absolute Gasteiger partial charge is 0.179 e. The summed E-state index contributed by atoms with van der Waals surface area (Å²) in [5.74, 6) is 0.409. The third-order valence-corrected chi connectivity index (χ3v) is 6.79. The molecule has 2 rings (SSSR count). The van der Waals surface area contributed by atoms with Crippen LogP contribution in [-0.2, 0) is 9.84 Å². The highest BCUT2D eigenvalue weighted by Crippen LogP contribution is 2.24. The number of benzene rings is 1. The minimum atomic E-state index is -3.39. The largest absolute Gasteiger partial charge is 0.409 e. The lowest BCUT2D eigenvalue weighted by Crippen LogP contribution is -2.15. The van der Waals surface area contributed by atoms with Gasteiger partial charge in [-0.1, -0.05) is 23.4 Å². The highest BCUT2D eigenvalue weighted by atomic mass is 32.2. The van der Waals surface area contributed by atoms with Crippen LogP contribution in [0.1, 0.15) is 5.56 Å². The molecule has 0 aliphatic carbocycles. The average molecular weight is 342 g/mol. The summed E-state index contributed by atoms with van der Waals surface area (Å²) in [6.07, 6.45) is 0. The summed E-state index contributed by atoms with van der Waals surface area (Å²) in [6, 6.07) is 9.99. The van der Waals surface area contributed by atoms with E-state index in [4.69, 9.17) is 10.9 Å². The molecule has 0 saturated carbocycles. The predicted molar refractivity (Wildman–Crippen MR) is 86.0 cm³/mol. The van der Waals surface area contributed by atoms with E-state index in [-0.39, 0.29) is 16.5 Å². The van der Waals surface area contributed by atoms with Crippen LogP contribution in [0.3, 0.4) is 0 Å². The standard InChI is InChI=1S/C13H14N2O3S3/c14-13(15-16)10-3-1-4-11(9-10)21(17,18)8-7-20-12-5-2-6-19-12/h1-6,9,16H,7-8H2,(H2,14,15). The number of sulfone groups is 1. The summed E-state index contributed by atoms with van der Waals surface area (Å²) in [4.78, 5) is 0.179. The first-order chi connectivity index (χ1) is 10.0. The maximum Gasteiger partial charge on any atom is 0.179 e. The van der Waals surface area contributed by atoms with Crippen LogP contribution in [0, 0.1) is 0 Å². The van der Waals surface area contributed by atoms with Gasteiger partial charge in [-0.3, -0.25) is 0 Å². The molecule has 5 nitrogen and oxygen atoms in total. The van der Waals surface area contributed by atoms with Gasteiger partial charge in [0.25, 0.3) is 0 Å². The van der Waals surface area contributed by atoms with Crippen LogP contribution in [-0.4, -0.2) is 31.0 Å². The fourth-order valence-electron chi connectivity index (χ4n) is 1.62. The zero-order valence-electron chi connectivity index (χ0n) is 11.0. The van der Waals surface area contributed by atoms with Crippen molar-refractivity contribution in [3.8, 4) is 0 Å². The van der Waals surface area contributed by atoms with Gasteiger partial charge in [-0.05, 0) is 23.6 Å². The Morgan fingerprint density at radius 3 is 2.81 bits per heavy atom. The van der Waals surface area contributed by atoms with Crippen LogP contribution < -0.4 is 5.73 Å². The lowest BCUT2D eigenvalue weighted by molar-refractivity contribution is 0.318. The van der Waals surface area contributed by atoms with Gasteiger partial charge in [-0.15, -0.1) is 23.1 Å². The van der Waals surface area contributed by atoms with E-state index >= 15 is 0 Å². The summed E-state index contributed by atoms with van der Waals surface area (Å²) >= 11 is 3.10. The van der Waals surface area contributed by atoms with Gasteiger partial charge in [0.1, 0.15) is 0 Å². The summed E-state index contributed by atoms with van der Waals surface area (Å²) < 4.78 is 25.6. The minimum Gasteiger partial charge on any atom is -0.409 e. The lowest BCUT2D eigenvalue weighted by atomic mass is 10.2. The van der Waals surface area contributed by atoms with Gasteiger partial charge in [0.2, 0.25) is 0 Å². The molecule has 0 amide bonds. The zero-order valence-corrected chi connectivity index (χ0v) is 13.4.